The Hall–Kier alpha value is -1.79. The standard InChI is InChI=1S/C14H15N5S/c1-2-12-16-17-14-19(12)18-13(20-14)11-7-9-5-3-4-6-10(9)8-15-11/h3-6,11,15H,2,7-8H2,1H3. The Kier molecular flexibility index (Phi) is 2.78. The molecule has 1 atom stereocenters. The maximum atomic E-state index is 4.69. The van der Waals surface area contributed by atoms with Crippen molar-refractivity contribution in [3.8, 4) is 0 Å². The summed E-state index contributed by atoms with van der Waals surface area (Å²) < 4.78 is 1.88. The summed E-state index contributed by atoms with van der Waals surface area (Å²) in [7, 11) is 0. The zero-order valence-corrected chi connectivity index (χ0v) is 12.0. The molecule has 1 N–H and O–H groups in total. The van der Waals surface area contributed by atoms with Gasteiger partial charge in [-0.15, -0.1) is 10.2 Å². The molecule has 0 bridgehead atoms. The van der Waals surface area contributed by atoms with Crippen molar-refractivity contribution in [2.45, 2.75) is 32.4 Å². The van der Waals surface area contributed by atoms with Crippen LogP contribution in [0.25, 0.3) is 4.96 Å². The van der Waals surface area contributed by atoms with E-state index in [1.807, 2.05) is 4.52 Å². The van der Waals surface area contributed by atoms with Gasteiger partial charge in [0.05, 0.1) is 6.04 Å². The molecule has 0 saturated carbocycles. The summed E-state index contributed by atoms with van der Waals surface area (Å²) in [5.41, 5.74) is 2.80. The molecule has 0 saturated heterocycles. The monoisotopic (exact) mass is 285 g/mol. The van der Waals surface area contributed by atoms with E-state index in [0.29, 0.717) is 0 Å². The molecule has 0 radical (unpaired) electrons. The van der Waals surface area contributed by atoms with E-state index >= 15 is 0 Å². The molecule has 6 heteroatoms. The summed E-state index contributed by atoms with van der Waals surface area (Å²) in [5.74, 6) is 0.929. The Balaban J connectivity index is 1.68. The fraction of sp³-hybridized carbons (Fsp3) is 0.357. The van der Waals surface area contributed by atoms with Gasteiger partial charge in [0.15, 0.2) is 5.82 Å². The van der Waals surface area contributed by atoms with E-state index in [2.05, 4.69) is 51.8 Å². The summed E-state index contributed by atoms with van der Waals surface area (Å²) in [6, 6.07) is 8.88. The third-order valence-electron chi connectivity index (χ3n) is 3.77. The van der Waals surface area contributed by atoms with Crippen LogP contribution >= 0.6 is 11.3 Å². The van der Waals surface area contributed by atoms with Gasteiger partial charge in [-0.25, -0.2) is 0 Å². The Morgan fingerprint density at radius 2 is 2.15 bits per heavy atom. The molecule has 4 rings (SSSR count). The van der Waals surface area contributed by atoms with Crippen LogP contribution in [0.1, 0.15) is 34.9 Å². The second-order valence-electron chi connectivity index (χ2n) is 5.01. The van der Waals surface area contributed by atoms with Gasteiger partial charge in [0, 0.05) is 13.0 Å². The predicted molar refractivity (Wildman–Crippen MR) is 77.8 cm³/mol. The molecule has 1 aromatic carbocycles. The van der Waals surface area contributed by atoms with Gasteiger partial charge >= 0.3 is 0 Å². The van der Waals surface area contributed by atoms with Crippen LogP contribution < -0.4 is 5.32 Å². The largest absolute Gasteiger partial charge is 0.303 e. The molecule has 20 heavy (non-hydrogen) atoms. The molecule has 0 aliphatic carbocycles. The molecule has 3 heterocycles. The normalized spacial score (nSPS) is 18.4. The molecule has 1 aliphatic heterocycles. The topological polar surface area (TPSA) is 55.1 Å². The van der Waals surface area contributed by atoms with Crippen LogP contribution in [0.5, 0.6) is 0 Å². The summed E-state index contributed by atoms with van der Waals surface area (Å²) in [6.45, 7) is 2.98. The third kappa shape index (κ3) is 1.83. The lowest BCUT2D eigenvalue weighted by Gasteiger charge is -2.24. The average Bonchev–Trinajstić information content (AvgIpc) is 3.06. The number of fused-ring (bicyclic) bond motifs is 2. The number of hydrogen-bond acceptors (Lipinski definition) is 5. The molecule has 0 amide bonds. The lowest BCUT2D eigenvalue weighted by molar-refractivity contribution is 0.491. The van der Waals surface area contributed by atoms with Crippen LogP contribution in [-0.4, -0.2) is 19.8 Å². The van der Waals surface area contributed by atoms with Gasteiger partial charge in [-0.3, -0.25) is 0 Å². The zero-order valence-electron chi connectivity index (χ0n) is 11.2. The van der Waals surface area contributed by atoms with Gasteiger partial charge in [-0.2, -0.15) is 9.61 Å². The van der Waals surface area contributed by atoms with Gasteiger partial charge in [-0.1, -0.05) is 42.5 Å². The minimum Gasteiger partial charge on any atom is -0.303 e. The maximum Gasteiger partial charge on any atom is 0.234 e. The van der Waals surface area contributed by atoms with E-state index in [9.17, 15) is 0 Å². The van der Waals surface area contributed by atoms with E-state index in [1.54, 1.807) is 11.3 Å². The molecule has 1 unspecified atom stereocenters. The zero-order chi connectivity index (χ0) is 13.5. The third-order valence-corrected chi connectivity index (χ3v) is 4.78. The number of hydrogen-bond donors (Lipinski definition) is 1. The van der Waals surface area contributed by atoms with E-state index in [4.69, 9.17) is 0 Å². The minimum absolute atomic E-state index is 0.279. The predicted octanol–water partition coefficient (Wildman–Crippen LogP) is 2.14. The lowest BCUT2D eigenvalue weighted by Crippen LogP contribution is -2.28. The molecule has 0 fully saturated rings. The number of benzene rings is 1. The highest BCUT2D eigenvalue weighted by molar-refractivity contribution is 7.16. The second kappa shape index (κ2) is 4.64. The van der Waals surface area contributed by atoms with Gasteiger partial charge in [0.1, 0.15) is 5.01 Å². The van der Waals surface area contributed by atoms with Crippen LogP contribution in [0.15, 0.2) is 24.3 Å². The van der Waals surface area contributed by atoms with Crippen LogP contribution in [0.2, 0.25) is 0 Å². The van der Waals surface area contributed by atoms with Gasteiger partial charge in [0.2, 0.25) is 4.96 Å². The summed E-state index contributed by atoms with van der Waals surface area (Å²) in [5, 5.41) is 17.7. The van der Waals surface area contributed by atoms with Crippen molar-refractivity contribution in [2.24, 2.45) is 0 Å². The van der Waals surface area contributed by atoms with E-state index in [0.717, 1.165) is 35.2 Å². The van der Waals surface area contributed by atoms with Crippen LogP contribution in [-0.2, 0) is 19.4 Å². The van der Waals surface area contributed by atoms with Crippen molar-refractivity contribution in [3.05, 3.63) is 46.2 Å². The maximum absolute atomic E-state index is 4.69. The van der Waals surface area contributed by atoms with Crippen molar-refractivity contribution >= 4 is 16.3 Å². The fourth-order valence-corrected chi connectivity index (χ4v) is 3.60. The van der Waals surface area contributed by atoms with Gasteiger partial charge in [-0.05, 0) is 17.5 Å². The highest BCUT2D eigenvalue weighted by atomic mass is 32.1. The first-order valence-corrected chi connectivity index (χ1v) is 7.68. The molecular weight excluding hydrogens is 270 g/mol. The summed E-state index contributed by atoms with van der Waals surface area (Å²) >= 11 is 1.63. The van der Waals surface area contributed by atoms with Crippen LogP contribution in [0.3, 0.4) is 0 Å². The Labute approximate surface area is 120 Å². The van der Waals surface area contributed by atoms with Crippen LogP contribution in [0.4, 0.5) is 0 Å². The first-order chi connectivity index (χ1) is 9.85. The van der Waals surface area contributed by atoms with Crippen molar-refractivity contribution in [3.63, 3.8) is 0 Å². The van der Waals surface area contributed by atoms with Gasteiger partial charge < -0.3 is 5.32 Å². The minimum atomic E-state index is 0.279. The SMILES string of the molecule is CCc1nnc2sc(C3Cc4ccccc4CN3)nn12. The molecule has 0 spiro atoms. The lowest BCUT2D eigenvalue weighted by atomic mass is 9.96. The quantitative estimate of drug-likeness (QED) is 0.784. The number of aromatic nitrogens is 4. The number of nitrogens with zero attached hydrogens (tertiary/aromatic N) is 4. The smallest absolute Gasteiger partial charge is 0.234 e. The average molecular weight is 285 g/mol. The first-order valence-electron chi connectivity index (χ1n) is 6.86. The summed E-state index contributed by atoms with van der Waals surface area (Å²) in [6.07, 6.45) is 1.84. The number of rotatable bonds is 2. The van der Waals surface area contributed by atoms with E-state index in [-0.39, 0.29) is 6.04 Å². The van der Waals surface area contributed by atoms with Crippen molar-refractivity contribution < 1.29 is 0 Å². The van der Waals surface area contributed by atoms with Gasteiger partial charge in [0.25, 0.3) is 0 Å². The van der Waals surface area contributed by atoms with Crippen molar-refractivity contribution in [1.82, 2.24) is 25.1 Å². The number of aryl methyl sites for hydroxylation is 1. The van der Waals surface area contributed by atoms with E-state index in [1.165, 1.54) is 11.1 Å². The first kappa shape index (κ1) is 12.0. The van der Waals surface area contributed by atoms with Crippen molar-refractivity contribution in [1.29, 1.82) is 0 Å². The molecule has 102 valence electrons. The highest BCUT2D eigenvalue weighted by Gasteiger charge is 2.23. The Morgan fingerprint density at radius 3 is 3.00 bits per heavy atom. The van der Waals surface area contributed by atoms with Crippen LogP contribution in [0, 0.1) is 0 Å². The highest BCUT2D eigenvalue weighted by Crippen LogP contribution is 2.28. The second-order valence-corrected chi connectivity index (χ2v) is 6.00. The van der Waals surface area contributed by atoms with E-state index < -0.39 is 0 Å². The molecule has 5 nitrogen and oxygen atoms in total. The molecule has 3 aromatic rings. The molecule has 2 aromatic heterocycles. The Morgan fingerprint density at radius 1 is 1.30 bits per heavy atom. The number of nitrogens with one attached hydrogen (secondary N) is 1. The molecular formula is C14H15N5S. The summed E-state index contributed by atoms with van der Waals surface area (Å²) in [4.78, 5) is 0.887. The Bertz CT molecular complexity index is 760. The molecule has 1 aliphatic rings. The fourth-order valence-electron chi connectivity index (χ4n) is 2.66. The van der Waals surface area contributed by atoms with Crippen molar-refractivity contribution in [2.75, 3.05) is 0 Å².